The van der Waals surface area contributed by atoms with E-state index in [2.05, 4.69) is 37.2 Å². The predicted molar refractivity (Wildman–Crippen MR) is 99.9 cm³/mol. The molecule has 0 aliphatic carbocycles. The van der Waals surface area contributed by atoms with Gasteiger partial charge in [-0.2, -0.15) is 0 Å². The van der Waals surface area contributed by atoms with E-state index in [9.17, 15) is 4.79 Å². The summed E-state index contributed by atoms with van der Waals surface area (Å²) < 4.78 is 6.69. The van der Waals surface area contributed by atoms with Crippen molar-refractivity contribution in [1.29, 1.82) is 0 Å². The third-order valence-electron chi connectivity index (χ3n) is 2.64. The molecule has 0 saturated carbocycles. The van der Waals surface area contributed by atoms with Gasteiger partial charge in [-0.25, -0.2) is 0 Å². The lowest BCUT2D eigenvalue weighted by atomic mass is 10.2. The van der Waals surface area contributed by atoms with Crippen molar-refractivity contribution in [3.05, 3.63) is 55.9 Å². The zero-order valence-electron chi connectivity index (χ0n) is 11.3. The fourth-order valence-electron chi connectivity index (χ4n) is 1.69. The second-order valence-electron chi connectivity index (χ2n) is 4.29. The highest BCUT2D eigenvalue weighted by atomic mass is 79.9. The number of esters is 1. The van der Waals surface area contributed by atoms with Crippen molar-refractivity contribution >= 4 is 72.3 Å². The summed E-state index contributed by atoms with van der Waals surface area (Å²) in [5, 5.41) is 3.54. The standard InChI is InChI=1S/C15H10Br2ClNO2S/c1-8(20)21-14-11(6-7-12(18)13(14)17)15(22)19-10-4-2-9(16)3-5-10/h2-7H,1H3,(H,19,22). The summed E-state index contributed by atoms with van der Waals surface area (Å²) in [6.45, 7) is 1.32. The summed E-state index contributed by atoms with van der Waals surface area (Å²) in [6, 6.07) is 11.0. The van der Waals surface area contributed by atoms with Gasteiger partial charge in [-0.15, -0.1) is 0 Å². The van der Waals surface area contributed by atoms with Crippen molar-refractivity contribution in [1.82, 2.24) is 0 Å². The van der Waals surface area contributed by atoms with Gasteiger partial charge in [0.15, 0.2) is 5.75 Å². The minimum atomic E-state index is -0.448. The van der Waals surface area contributed by atoms with Crippen LogP contribution in [0.15, 0.2) is 45.3 Å². The average molecular weight is 464 g/mol. The van der Waals surface area contributed by atoms with Gasteiger partial charge in [0, 0.05) is 17.1 Å². The van der Waals surface area contributed by atoms with E-state index in [4.69, 9.17) is 28.6 Å². The van der Waals surface area contributed by atoms with Gasteiger partial charge in [0.2, 0.25) is 0 Å². The Balaban J connectivity index is 2.34. The molecule has 114 valence electrons. The monoisotopic (exact) mass is 461 g/mol. The van der Waals surface area contributed by atoms with E-state index in [-0.39, 0.29) is 0 Å². The molecule has 0 fully saturated rings. The molecule has 1 N–H and O–H groups in total. The van der Waals surface area contributed by atoms with E-state index < -0.39 is 5.97 Å². The van der Waals surface area contributed by atoms with Gasteiger partial charge < -0.3 is 10.1 Å². The molecule has 0 bridgehead atoms. The van der Waals surface area contributed by atoms with Gasteiger partial charge in [0.25, 0.3) is 0 Å². The maximum absolute atomic E-state index is 11.3. The van der Waals surface area contributed by atoms with E-state index in [1.165, 1.54) is 6.92 Å². The average Bonchev–Trinajstić information content (AvgIpc) is 2.46. The highest BCUT2D eigenvalue weighted by molar-refractivity contribution is 9.11. The SMILES string of the molecule is CC(=O)Oc1c(C(=S)Nc2ccc(Br)cc2)ccc(Cl)c1Br. The molecular formula is C15H10Br2ClNO2S. The lowest BCUT2D eigenvalue weighted by Gasteiger charge is -2.14. The highest BCUT2D eigenvalue weighted by Gasteiger charge is 2.17. The van der Waals surface area contributed by atoms with Gasteiger partial charge in [0.05, 0.1) is 15.1 Å². The maximum Gasteiger partial charge on any atom is 0.308 e. The van der Waals surface area contributed by atoms with Crippen molar-refractivity contribution in [2.45, 2.75) is 6.92 Å². The summed E-state index contributed by atoms with van der Waals surface area (Å²) in [5.41, 5.74) is 1.40. The van der Waals surface area contributed by atoms with Crippen LogP contribution in [0.5, 0.6) is 5.75 Å². The number of carbonyl (C=O) groups is 1. The number of ether oxygens (including phenoxy) is 1. The van der Waals surface area contributed by atoms with Gasteiger partial charge >= 0.3 is 5.97 Å². The van der Waals surface area contributed by atoms with E-state index in [0.29, 0.717) is 25.8 Å². The van der Waals surface area contributed by atoms with Crippen LogP contribution in [-0.4, -0.2) is 11.0 Å². The van der Waals surface area contributed by atoms with Crippen molar-refractivity contribution < 1.29 is 9.53 Å². The number of halogens is 3. The molecule has 0 heterocycles. The molecule has 2 aromatic carbocycles. The summed E-state index contributed by atoms with van der Waals surface area (Å²) in [6.07, 6.45) is 0. The van der Waals surface area contributed by atoms with Gasteiger partial charge in [0.1, 0.15) is 4.99 Å². The molecule has 0 saturated heterocycles. The van der Waals surface area contributed by atoms with Crippen LogP contribution in [0.3, 0.4) is 0 Å². The fraction of sp³-hybridized carbons (Fsp3) is 0.0667. The van der Waals surface area contributed by atoms with Crippen LogP contribution in [0, 0.1) is 0 Å². The van der Waals surface area contributed by atoms with Crippen LogP contribution in [0.2, 0.25) is 5.02 Å². The van der Waals surface area contributed by atoms with E-state index in [1.807, 2.05) is 24.3 Å². The van der Waals surface area contributed by atoms with Crippen LogP contribution in [0.25, 0.3) is 0 Å². The number of anilines is 1. The van der Waals surface area contributed by atoms with E-state index in [0.717, 1.165) is 10.2 Å². The van der Waals surface area contributed by atoms with Crippen LogP contribution >= 0.6 is 55.7 Å². The zero-order valence-corrected chi connectivity index (χ0v) is 16.1. The summed E-state index contributed by atoms with van der Waals surface area (Å²) in [4.78, 5) is 11.7. The Morgan fingerprint density at radius 3 is 2.41 bits per heavy atom. The van der Waals surface area contributed by atoms with Crippen LogP contribution < -0.4 is 10.1 Å². The minimum Gasteiger partial charge on any atom is -0.425 e. The third-order valence-corrected chi connectivity index (χ3v) is 4.82. The van der Waals surface area contributed by atoms with Crippen LogP contribution in [0.1, 0.15) is 12.5 Å². The van der Waals surface area contributed by atoms with E-state index in [1.54, 1.807) is 12.1 Å². The molecule has 0 unspecified atom stereocenters. The Morgan fingerprint density at radius 1 is 1.18 bits per heavy atom. The molecule has 0 radical (unpaired) electrons. The number of hydrogen-bond acceptors (Lipinski definition) is 3. The number of carbonyl (C=O) groups excluding carboxylic acids is 1. The molecule has 0 aliphatic heterocycles. The lowest BCUT2D eigenvalue weighted by molar-refractivity contribution is -0.131. The Bertz CT molecular complexity index is 735. The lowest BCUT2D eigenvalue weighted by Crippen LogP contribution is -2.14. The zero-order chi connectivity index (χ0) is 16.3. The first-order chi connectivity index (χ1) is 10.4. The Labute approximate surface area is 155 Å². The molecule has 0 aliphatic rings. The molecule has 0 spiro atoms. The topological polar surface area (TPSA) is 38.3 Å². The predicted octanol–water partition coefficient (Wildman–Crippen LogP) is 5.58. The first-order valence-electron chi connectivity index (χ1n) is 6.12. The molecule has 0 amide bonds. The first kappa shape index (κ1) is 17.4. The number of hydrogen-bond donors (Lipinski definition) is 1. The molecule has 2 rings (SSSR count). The maximum atomic E-state index is 11.3. The molecular weight excluding hydrogens is 453 g/mol. The molecule has 2 aromatic rings. The molecule has 7 heteroatoms. The number of nitrogens with one attached hydrogen (secondary N) is 1. The highest BCUT2D eigenvalue weighted by Crippen LogP contribution is 2.36. The number of benzene rings is 2. The van der Waals surface area contributed by atoms with E-state index >= 15 is 0 Å². The molecule has 3 nitrogen and oxygen atoms in total. The van der Waals surface area contributed by atoms with Crippen molar-refractivity contribution in [3.8, 4) is 5.75 Å². The van der Waals surface area contributed by atoms with Gasteiger partial charge in [-0.05, 0) is 52.3 Å². The fourth-order valence-corrected chi connectivity index (χ4v) is 2.80. The van der Waals surface area contributed by atoms with Crippen molar-refractivity contribution in [2.24, 2.45) is 0 Å². The number of rotatable bonds is 3. The van der Waals surface area contributed by atoms with Crippen molar-refractivity contribution in [2.75, 3.05) is 5.32 Å². The van der Waals surface area contributed by atoms with Gasteiger partial charge in [-0.3, -0.25) is 4.79 Å². The van der Waals surface area contributed by atoms with Crippen LogP contribution in [-0.2, 0) is 4.79 Å². The quantitative estimate of drug-likeness (QED) is 0.367. The normalized spacial score (nSPS) is 10.2. The Hall–Kier alpha value is -0.950. The van der Waals surface area contributed by atoms with Crippen molar-refractivity contribution in [3.63, 3.8) is 0 Å². The first-order valence-corrected chi connectivity index (χ1v) is 8.49. The third kappa shape index (κ3) is 4.29. The van der Waals surface area contributed by atoms with Gasteiger partial charge in [-0.1, -0.05) is 39.7 Å². The minimum absolute atomic E-state index is 0.301. The largest absolute Gasteiger partial charge is 0.425 e. The Morgan fingerprint density at radius 2 is 1.82 bits per heavy atom. The summed E-state index contributed by atoms with van der Waals surface area (Å²) in [7, 11) is 0. The summed E-state index contributed by atoms with van der Waals surface area (Å²) >= 11 is 18.1. The number of thiocarbonyl (C=S) groups is 1. The summed E-state index contributed by atoms with van der Waals surface area (Å²) in [5.74, 6) is -0.148. The molecule has 22 heavy (non-hydrogen) atoms. The van der Waals surface area contributed by atoms with Crippen LogP contribution in [0.4, 0.5) is 5.69 Å². The Kier molecular flexibility index (Phi) is 5.97. The second kappa shape index (κ2) is 7.55. The molecule has 0 atom stereocenters. The molecule has 0 aromatic heterocycles. The smallest absolute Gasteiger partial charge is 0.308 e. The second-order valence-corrected chi connectivity index (χ2v) is 6.82.